The van der Waals surface area contributed by atoms with Crippen LogP contribution in [0.3, 0.4) is 0 Å². The van der Waals surface area contributed by atoms with Gasteiger partial charge in [0.15, 0.2) is 0 Å². The van der Waals surface area contributed by atoms with Crippen LogP contribution in [0.5, 0.6) is 0 Å². The highest BCUT2D eigenvalue weighted by atomic mass is 35.5. The van der Waals surface area contributed by atoms with Crippen molar-refractivity contribution in [3.8, 4) is 0 Å². The maximum atomic E-state index is 12.2. The van der Waals surface area contributed by atoms with E-state index in [0.717, 1.165) is 18.8 Å². The summed E-state index contributed by atoms with van der Waals surface area (Å²) < 4.78 is 0. The number of Topliss-reactive ketones (excluding diaryl/α,β-unsaturated/α-hetero) is 1. The molecule has 3 heteroatoms. The molecule has 1 fully saturated rings. The van der Waals surface area contributed by atoms with E-state index in [0.29, 0.717) is 36.5 Å². The van der Waals surface area contributed by atoms with Crippen molar-refractivity contribution in [3.63, 3.8) is 0 Å². The molecule has 0 saturated heterocycles. The summed E-state index contributed by atoms with van der Waals surface area (Å²) in [5, 5.41) is 0. The number of carbonyl (C=O) groups is 1. The maximum absolute atomic E-state index is 12.2. The molecule has 0 unspecified atom stereocenters. The molecule has 17 heavy (non-hydrogen) atoms. The number of halogens is 1. The number of hydrogen-bond acceptors (Lipinski definition) is 2. The van der Waals surface area contributed by atoms with Crippen LogP contribution in [-0.2, 0) is 4.79 Å². The van der Waals surface area contributed by atoms with Crippen LogP contribution in [0, 0.1) is 23.7 Å². The van der Waals surface area contributed by atoms with Gasteiger partial charge in [-0.3, -0.25) is 4.79 Å². The summed E-state index contributed by atoms with van der Waals surface area (Å²) in [6.45, 7) is 7.42. The second-order valence-corrected chi connectivity index (χ2v) is 5.79. The van der Waals surface area contributed by atoms with E-state index in [4.69, 9.17) is 5.73 Å². The zero-order chi connectivity index (χ0) is 12.1. The fraction of sp³-hybridized carbons (Fsp3) is 0.929. The third-order valence-corrected chi connectivity index (χ3v) is 4.06. The molecule has 0 aromatic rings. The van der Waals surface area contributed by atoms with Gasteiger partial charge >= 0.3 is 0 Å². The summed E-state index contributed by atoms with van der Waals surface area (Å²) >= 11 is 0. The quantitative estimate of drug-likeness (QED) is 0.824. The van der Waals surface area contributed by atoms with E-state index in [1.54, 1.807) is 0 Å². The molecular formula is C14H28ClNO. The van der Waals surface area contributed by atoms with Gasteiger partial charge in [0, 0.05) is 12.3 Å². The molecule has 0 spiro atoms. The second-order valence-electron chi connectivity index (χ2n) is 5.79. The van der Waals surface area contributed by atoms with Gasteiger partial charge in [-0.25, -0.2) is 0 Å². The number of ketones is 1. The summed E-state index contributed by atoms with van der Waals surface area (Å²) in [7, 11) is 0. The van der Waals surface area contributed by atoms with Crippen molar-refractivity contribution in [2.24, 2.45) is 29.4 Å². The zero-order valence-electron chi connectivity index (χ0n) is 11.4. The Balaban J connectivity index is 0.00000256. The molecule has 1 aliphatic rings. The van der Waals surface area contributed by atoms with Crippen LogP contribution in [0.4, 0.5) is 0 Å². The highest BCUT2D eigenvalue weighted by molar-refractivity contribution is 5.85. The Morgan fingerprint density at radius 3 is 2.53 bits per heavy atom. The van der Waals surface area contributed by atoms with Gasteiger partial charge in [-0.1, -0.05) is 27.2 Å². The van der Waals surface area contributed by atoms with Gasteiger partial charge in [0.1, 0.15) is 5.78 Å². The minimum absolute atomic E-state index is 0. The minimum Gasteiger partial charge on any atom is -0.330 e. The minimum atomic E-state index is 0. The molecule has 0 bridgehead atoms. The van der Waals surface area contributed by atoms with Gasteiger partial charge < -0.3 is 5.73 Å². The summed E-state index contributed by atoms with van der Waals surface area (Å²) in [6.07, 6.45) is 5.18. The largest absolute Gasteiger partial charge is 0.330 e. The fourth-order valence-corrected chi connectivity index (χ4v) is 3.03. The highest BCUT2D eigenvalue weighted by Gasteiger charge is 2.34. The van der Waals surface area contributed by atoms with E-state index in [1.807, 2.05) is 0 Å². The Kier molecular flexibility index (Phi) is 8.06. The number of rotatable bonds is 5. The van der Waals surface area contributed by atoms with Crippen molar-refractivity contribution < 1.29 is 4.79 Å². The predicted octanol–water partition coefficient (Wildman–Crippen LogP) is 3.42. The van der Waals surface area contributed by atoms with Crippen LogP contribution in [0.25, 0.3) is 0 Å². The van der Waals surface area contributed by atoms with Gasteiger partial charge in [-0.15, -0.1) is 12.4 Å². The Labute approximate surface area is 112 Å². The monoisotopic (exact) mass is 261 g/mol. The van der Waals surface area contributed by atoms with E-state index in [9.17, 15) is 4.79 Å². The Morgan fingerprint density at radius 1 is 1.35 bits per heavy atom. The average Bonchev–Trinajstić information content (AvgIpc) is 2.25. The first-order valence-corrected chi connectivity index (χ1v) is 6.79. The molecule has 102 valence electrons. The van der Waals surface area contributed by atoms with Crippen molar-refractivity contribution >= 4 is 18.2 Å². The summed E-state index contributed by atoms with van der Waals surface area (Å²) in [6, 6.07) is 0. The molecule has 1 aliphatic carbocycles. The van der Waals surface area contributed by atoms with Crippen molar-refractivity contribution in [1.29, 1.82) is 0 Å². The van der Waals surface area contributed by atoms with Crippen LogP contribution in [0.2, 0.25) is 0 Å². The van der Waals surface area contributed by atoms with Crippen molar-refractivity contribution in [2.45, 2.75) is 52.9 Å². The lowest BCUT2D eigenvalue weighted by Crippen LogP contribution is -2.33. The van der Waals surface area contributed by atoms with Crippen LogP contribution >= 0.6 is 12.4 Å². The first kappa shape index (κ1) is 16.9. The molecular weight excluding hydrogens is 234 g/mol. The van der Waals surface area contributed by atoms with E-state index in [1.165, 1.54) is 12.8 Å². The average molecular weight is 262 g/mol. The first-order valence-electron chi connectivity index (χ1n) is 6.79. The normalized spacial score (nSPS) is 28.9. The van der Waals surface area contributed by atoms with Crippen LogP contribution in [-0.4, -0.2) is 12.3 Å². The zero-order valence-corrected chi connectivity index (χ0v) is 12.3. The summed E-state index contributed by atoms with van der Waals surface area (Å²) in [5.41, 5.74) is 5.48. The smallest absolute Gasteiger partial charge is 0.136 e. The lowest BCUT2D eigenvalue weighted by molar-refractivity contribution is -0.127. The summed E-state index contributed by atoms with van der Waals surface area (Å²) in [4.78, 5) is 12.2. The van der Waals surface area contributed by atoms with Crippen LogP contribution in [0.15, 0.2) is 0 Å². The molecule has 1 saturated carbocycles. The van der Waals surface area contributed by atoms with Crippen molar-refractivity contribution in [1.82, 2.24) is 0 Å². The van der Waals surface area contributed by atoms with Crippen LogP contribution in [0.1, 0.15) is 52.9 Å². The Bertz CT molecular complexity index is 230. The lowest BCUT2D eigenvalue weighted by atomic mass is 9.68. The van der Waals surface area contributed by atoms with E-state index >= 15 is 0 Å². The summed E-state index contributed by atoms with van der Waals surface area (Å²) in [5.74, 6) is 2.76. The van der Waals surface area contributed by atoms with E-state index in [-0.39, 0.29) is 12.4 Å². The molecule has 0 aliphatic heterocycles. The Hall–Kier alpha value is -0.0800. The lowest BCUT2D eigenvalue weighted by Gasteiger charge is -2.36. The van der Waals surface area contributed by atoms with Gasteiger partial charge in [-0.05, 0) is 43.6 Å². The van der Waals surface area contributed by atoms with Crippen LogP contribution < -0.4 is 5.73 Å². The van der Waals surface area contributed by atoms with Gasteiger partial charge in [0.05, 0.1) is 0 Å². The van der Waals surface area contributed by atoms with Crippen molar-refractivity contribution in [2.75, 3.05) is 6.54 Å². The SMILES string of the molecule is CC(C)[C@@H]1CC[C@@H](C)C[C@H]1C(=O)CCCN.Cl. The van der Waals surface area contributed by atoms with E-state index in [2.05, 4.69) is 20.8 Å². The molecule has 3 atom stereocenters. The number of hydrogen-bond donors (Lipinski definition) is 1. The fourth-order valence-electron chi connectivity index (χ4n) is 3.03. The van der Waals surface area contributed by atoms with E-state index < -0.39 is 0 Å². The second kappa shape index (κ2) is 8.10. The Morgan fingerprint density at radius 2 is 2.00 bits per heavy atom. The molecule has 2 nitrogen and oxygen atoms in total. The molecule has 2 N–H and O–H groups in total. The molecule has 1 rings (SSSR count). The predicted molar refractivity (Wildman–Crippen MR) is 75.4 cm³/mol. The number of carbonyl (C=O) groups excluding carboxylic acids is 1. The topological polar surface area (TPSA) is 43.1 Å². The first-order chi connectivity index (χ1) is 7.56. The molecule has 0 radical (unpaired) electrons. The van der Waals surface area contributed by atoms with Gasteiger partial charge in [-0.2, -0.15) is 0 Å². The molecule has 0 aromatic carbocycles. The molecule has 0 aromatic heterocycles. The third kappa shape index (κ3) is 4.97. The molecule has 0 heterocycles. The third-order valence-electron chi connectivity index (χ3n) is 4.06. The van der Waals surface area contributed by atoms with Crippen molar-refractivity contribution in [3.05, 3.63) is 0 Å². The standard InChI is InChI=1S/C14H27NO.ClH/c1-10(2)12-7-6-11(3)9-13(12)14(16)5-4-8-15;/h10-13H,4-9,15H2,1-3H3;1H/t11-,12+,13-;/m1./s1. The highest BCUT2D eigenvalue weighted by Crippen LogP contribution is 2.38. The molecule has 0 amide bonds. The number of nitrogens with two attached hydrogens (primary N) is 1. The van der Waals surface area contributed by atoms with Gasteiger partial charge in [0.25, 0.3) is 0 Å². The van der Waals surface area contributed by atoms with Gasteiger partial charge in [0.2, 0.25) is 0 Å². The maximum Gasteiger partial charge on any atom is 0.136 e.